The first kappa shape index (κ1) is 54.9. The lowest BCUT2D eigenvalue weighted by atomic mass is 10.0. The molecular weight excluding hydrogens is 905 g/mol. The van der Waals surface area contributed by atoms with Crippen molar-refractivity contribution in [1.29, 1.82) is 0 Å². The summed E-state index contributed by atoms with van der Waals surface area (Å²) in [4.78, 5) is 54.1. The van der Waals surface area contributed by atoms with Crippen LogP contribution in [0.3, 0.4) is 0 Å². The molecule has 0 saturated heterocycles. The summed E-state index contributed by atoms with van der Waals surface area (Å²) < 4.78 is 10.7. The van der Waals surface area contributed by atoms with Gasteiger partial charge in [0, 0.05) is 59.6 Å². The van der Waals surface area contributed by atoms with Gasteiger partial charge in [0.15, 0.2) is 0 Å². The number of thioether (sulfide) groups is 2. The fourth-order valence-electron chi connectivity index (χ4n) is 6.30. The van der Waals surface area contributed by atoms with Gasteiger partial charge >= 0.3 is 18.2 Å². The Hall–Kier alpha value is -6.70. The lowest BCUT2D eigenvalue weighted by Gasteiger charge is -2.30. The molecule has 0 bridgehead atoms. The van der Waals surface area contributed by atoms with E-state index in [9.17, 15) is 24.3 Å². The molecule has 0 aliphatic heterocycles. The molecule has 69 heavy (non-hydrogen) atoms. The van der Waals surface area contributed by atoms with Crippen LogP contribution >= 0.6 is 23.5 Å². The lowest BCUT2D eigenvalue weighted by molar-refractivity contribution is -0.142. The van der Waals surface area contributed by atoms with Gasteiger partial charge in [-0.2, -0.15) is 0 Å². The predicted octanol–water partition coefficient (Wildman–Crippen LogP) is 12.5. The van der Waals surface area contributed by atoms with Crippen molar-refractivity contribution in [3.63, 3.8) is 0 Å². The number of carbonyl (C=O) groups is 4. The van der Waals surface area contributed by atoms with Crippen LogP contribution in [0.15, 0.2) is 180 Å². The van der Waals surface area contributed by atoms with Crippen LogP contribution in [-0.4, -0.2) is 76.4 Å². The average molecular weight is 971 g/mol. The normalized spacial score (nSPS) is 11.8. The van der Waals surface area contributed by atoms with Crippen molar-refractivity contribution in [2.75, 3.05) is 25.1 Å². The number of hydrogen-bond acceptors (Lipinski definition) is 9. The van der Waals surface area contributed by atoms with Crippen molar-refractivity contribution >= 4 is 59.0 Å². The predicted molar refractivity (Wildman–Crippen MR) is 281 cm³/mol. The topological polar surface area (TPSA) is 152 Å². The molecule has 11 nitrogen and oxygen atoms in total. The van der Waals surface area contributed by atoms with Crippen LogP contribution in [0.1, 0.15) is 63.8 Å². The molecule has 0 saturated carbocycles. The number of aliphatic carboxylic acids is 1. The first-order valence-corrected chi connectivity index (χ1v) is 24.6. The first-order valence-electron chi connectivity index (χ1n) is 22.6. The summed E-state index contributed by atoms with van der Waals surface area (Å²) in [5.41, 5.74) is 10.3. The minimum Gasteiger partial charge on any atom is -0.480 e. The third kappa shape index (κ3) is 21.0. The van der Waals surface area contributed by atoms with Crippen LogP contribution in [0, 0.1) is 0 Å². The molecule has 0 heterocycles. The van der Waals surface area contributed by atoms with Crippen molar-refractivity contribution < 1.29 is 33.8 Å². The van der Waals surface area contributed by atoms with Gasteiger partial charge in [0.05, 0.1) is 0 Å². The van der Waals surface area contributed by atoms with Gasteiger partial charge in [0.25, 0.3) is 0 Å². The number of carboxylic acid groups (broad SMARTS) is 1. The zero-order chi connectivity index (χ0) is 50.4. The zero-order valence-corrected chi connectivity index (χ0v) is 42.5. The smallest absolute Gasteiger partial charge is 0.410 e. The van der Waals surface area contributed by atoms with Crippen LogP contribution in [0.2, 0.25) is 0 Å². The van der Waals surface area contributed by atoms with Crippen LogP contribution in [0.4, 0.5) is 21.0 Å². The summed E-state index contributed by atoms with van der Waals surface area (Å²) in [7, 11) is 3.04. The molecule has 6 aromatic rings. The largest absolute Gasteiger partial charge is 0.480 e. The van der Waals surface area contributed by atoms with E-state index in [1.54, 1.807) is 39.6 Å². The van der Waals surface area contributed by atoms with E-state index in [4.69, 9.17) is 15.2 Å². The number of amides is 3. The molecule has 13 heteroatoms. The van der Waals surface area contributed by atoms with Gasteiger partial charge in [0.2, 0.25) is 5.91 Å². The molecule has 0 fully saturated rings. The second-order valence-electron chi connectivity index (χ2n) is 18.1. The minimum absolute atomic E-state index is 0.242. The van der Waals surface area contributed by atoms with Crippen molar-refractivity contribution in [2.45, 2.75) is 99.0 Å². The quantitative estimate of drug-likeness (QED) is 0.0670. The Morgan fingerprint density at radius 1 is 0.522 bits per heavy atom. The molecule has 0 aliphatic rings. The maximum atomic E-state index is 13.3. The SMILES string of the molecule is CN(C(=O)OC(C)(C)C)[C@@H](Cc1ccccc1)C(=O)Nc1ccc(SCc2ccccc2)cc1.CN(C(=O)OC(C)(C)C)[C@@H](Cc1ccccc1)C(=O)O.Nc1ccc(SCc2ccccc2)cc1. The van der Waals surface area contributed by atoms with Crippen LogP contribution in [0.25, 0.3) is 0 Å². The van der Waals surface area contributed by atoms with Gasteiger partial charge < -0.3 is 25.6 Å². The summed E-state index contributed by atoms with van der Waals surface area (Å²) in [5.74, 6) is 0.570. The van der Waals surface area contributed by atoms with E-state index in [0.29, 0.717) is 12.1 Å². The fraction of sp³-hybridized carbons (Fsp3) is 0.286. The molecule has 0 radical (unpaired) electrons. The number of hydrogen-bond donors (Lipinski definition) is 3. The summed E-state index contributed by atoms with van der Waals surface area (Å²) in [5, 5.41) is 12.3. The van der Waals surface area contributed by atoms with Gasteiger partial charge in [-0.25, -0.2) is 14.4 Å². The third-order valence-corrected chi connectivity index (χ3v) is 12.1. The van der Waals surface area contributed by atoms with Crippen molar-refractivity contribution in [3.8, 4) is 0 Å². The number of nitrogens with one attached hydrogen (secondary N) is 1. The Balaban J connectivity index is 0.000000250. The first-order chi connectivity index (χ1) is 32.8. The molecule has 0 aromatic heterocycles. The fourth-order valence-corrected chi connectivity index (χ4v) is 8.01. The molecule has 4 N–H and O–H groups in total. The highest BCUT2D eigenvalue weighted by molar-refractivity contribution is 7.98. The second-order valence-corrected chi connectivity index (χ2v) is 20.2. The van der Waals surface area contributed by atoms with Crippen molar-refractivity contribution in [2.24, 2.45) is 0 Å². The Morgan fingerprint density at radius 3 is 1.22 bits per heavy atom. The highest BCUT2D eigenvalue weighted by atomic mass is 32.2. The van der Waals surface area contributed by atoms with Crippen LogP contribution in [0.5, 0.6) is 0 Å². The van der Waals surface area contributed by atoms with Crippen molar-refractivity contribution in [3.05, 3.63) is 192 Å². The molecule has 0 aliphatic carbocycles. The highest BCUT2D eigenvalue weighted by Gasteiger charge is 2.32. The summed E-state index contributed by atoms with van der Waals surface area (Å²) >= 11 is 3.57. The van der Waals surface area contributed by atoms with E-state index in [1.165, 1.54) is 28.0 Å². The number of anilines is 2. The highest BCUT2D eigenvalue weighted by Crippen LogP contribution is 2.26. The molecule has 6 aromatic carbocycles. The molecular formula is C56H66N4O7S2. The van der Waals surface area contributed by atoms with Gasteiger partial charge in [-0.05, 0) is 112 Å². The Labute approximate surface area is 416 Å². The number of nitrogens with two attached hydrogens (primary N) is 1. The molecule has 0 unspecified atom stereocenters. The number of benzene rings is 6. The maximum absolute atomic E-state index is 13.3. The van der Waals surface area contributed by atoms with Gasteiger partial charge in [0.1, 0.15) is 23.3 Å². The van der Waals surface area contributed by atoms with Crippen LogP contribution < -0.4 is 11.1 Å². The Morgan fingerprint density at radius 2 is 0.855 bits per heavy atom. The molecule has 2 atom stereocenters. The van der Waals surface area contributed by atoms with Gasteiger partial charge in [-0.3, -0.25) is 14.6 Å². The zero-order valence-electron chi connectivity index (χ0n) is 40.8. The summed E-state index contributed by atoms with van der Waals surface area (Å²) in [6.07, 6.45) is -0.545. The molecule has 0 spiro atoms. The van der Waals surface area contributed by atoms with E-state index >= 15 is 0 Å². The molecule has 3 amide bonds. The Bertz CT molecular complexity index is 2470. The minimum atomic E-state index is -1.05. The third-order valence-electron chi connectivity index (χ3n) is 9.93. The molecule has 364 valence electrons. The second kappa shape index (κ2) is 27.3. The lowest BCUT2D eigenvalue weighted by Crippen LogP contribution is -2.48. The average Bonchev–Trinajstić information content (AvgIpc) is 3.32. The van der Waals surface area contributed by atoms with E-state index < -0.39 is 41.4 Å². The number of carboxylic acids is 1. The summed E-state index contributed by atoms with van der Waals surface area (Å²) in [6.45, 7) is 10.6. The maximum Gasteiger partial charge on any atom is 0.410 e. The van der Waals surface area contributed by atoms with Crippen molar-refractivity contribution in [1.82, 2.24) is 9.80 Å². The number of nitrogen functional groups attached to an aromatic ring is 1. The number of nitrogens with zero attached hydrogens (tertiary/aromatic N) is 2. The van der Waals surface area contributed by atoms with E-state index in [0.717, 1.165) is 38.1 Å². The van der Waals surface area contributed by atoms with Gasteiger partial charge in [-0.15, -0.1) is 23.5 Å². The monoisotopic (exact) mass is 970 g/mol. The molecule has 6 rings (SSSR count). The number of carbonyl (C=O) groups excluding carboxylic acids is 3. The number of ether oxygens (including phenoxy) is 2. The van der Waals surface area contributed by atoms with E-state index in [2.05, 4.69) is 53.8 Å². The number of likely N-dealkylation sites (N-methyl/N-ethyl adjacent to an activating group) is 2. The van der Waals surface area contributed by atoms with E-state index in [-0.39, 0.29) is 12.3 Å². The van der Waals surface area contributed by atoms with Gasteiger partial charge in [-0.1, -0.05) is 121 Å². The Kier molecular flexibility index (Phi) is 21.7. The number of rotatable bonds is 15. The summed E-state index contributed by atoms with van der Waals surface area (Å²) in [6, 6.07) is 53.7. The van der Waals surface area contributed by atoms with Crippen LogP contribution in [-0.2, 0) is 43.4 Å². The standard InChI is InChI=1S/C28H32N2O3S.C15H21NO4.C13H13NS/c1-28(2,3)33-27(32)30(4)25(19-21-11-7-5-8-12-21)26(31)29-23-15-17-24(18-16-23)34-20-22-13-9-6-10-14-22;1-15(2,3)20-14(19)16(4)12(13(17)18)10-11-8-6-5-7-9-11;14-12-6-8-13(9-7-12)15-10-11-4-2-1-3-5-11/h5-18,25H,19-20H2,1-4H3,(H,29,31);5-9,12H,10H2,1-4H3,(H,17,18);1-9H,10,14H2/t25-;12-;/m00./s1. The van der Waals surface area contributed by atoms with E-state index in [1.807, 2.05) is 154 Å².